The van der Waals surface area contributed by atoms with Gasteiger partial charge in [-0.15, -0.1) is 0 Å². The summed E-state index contributed by atoms with van der Waals surface area (Å²) in [4.78, 5) is 22.0. The third-order valence-electron chi connectivity index (χ3n) is 2.38. The fourth-order valence-electron chi connectivity index (χ4n) is 1.21. The Hall–Kier alpha value is -1.30. The fraction of sp³-hybridized carbons (Fsp3) is 0.833. The normalized spacial score (nSPS) is 12.2. The lowest BCUT2D eigenvalue weighted by Gasteiger charge is -2.13. The van der Waals surface area contributed by atoms with E-state index in [2.05, 4.69) is 24.5 Å². The zero-order valence-electron chi connectivity index (χ0n) is 11.4. The van der Waals surface area contributed by atoms with Crippen LogP contribution in [0.15, 0.2) is 0 Å². The first-order valence-corrected chi connectivity index (χ1v) is 6.32. The largest absolute Gasteiger partial charge is 0.480 e. The summed E-state index contributed by atoms with van der Waals surface area (Å²) in [5, 5.41) is 13.7. The number of carboxylic acids is 1. The topological polar surface area (TPSA) is 87.7 Å². The maximum Gasteiger partial charge on any atom is 0.326 e. The van der Waals surface area contributed by atoms with E-state index in [1.807, 2.05) is 0 Å². The number of urea groups is 1. The van der Waals surface area contributed by atoms with Gasteiger partial charge in [0.15, 0.2) is 0 Å². The molecular formula is C12H24N2O4. The van der Waals surface area contributed by atoms with Crippen molar-refractivity contribution in [2.45, 2.75) is 39.7 Å². The van der Waals surface area contributed by atoms with Crippen LogP contribution in [-0.2, 0) is 9.53 Å². The Labute approximate surface area is 108 Å². The Bertz CT molecular complexity index is 256. The van der Waals surface area contributed by atoms with Gasteiger partial charge in [0.05, 0.1) is 6.61 Å². The van der Waals surface area contributed by atoms with Crippen molar-refractivity contribution >= 4 is 12.0 Å². The molecule has 2 amide bonds. The minimum absolute atomic E-state index is 0.355. The average Bonchev–Trinajstić information content (AvgIpc) is 2.29. The number of amides is 2. The first-order chi connectivity index (χ1) is 8.47. The average molecular weight is 260 g/mol. The van der Waals surface area contributed by atoms with Gasteiger partial charge in [0.1, 0.15) is 6.04 Å². The highest BCUT2D eigenvalue weighted by Crippen LogP contribution is 1.98. The van der Waals surface area contributed by atoms with E-state index in [1.54, 1.807) is 6.92 Å². The molecule has 0 aromatic heterocycles. The number of aliphatic carboxylic acids is 1. The molecule has 0 aliphatic carbocycles. The second-order valence-corrected chi connectivity index (χ2v) is 4.49. The van der Waals surface area contributed by atoms with Crippen LogP contribution in [0, 0.1) is 5.92 Å². The summed E-state index contributed by atoms with van der Waals surface area (Å²) in [6.45, 7) is 7.42. The van der Waals surface area contributed by atoms with Crippen LogP contribution in [0.2, 0.25) is 0 Å². The molecule has 106 valence electrons. The van der Waals surface area contributed by atoms with E-state index in [0.29, 0.717) is 32.1 Å². The second-order valence-electron chi connectivity index (χ2n) is 4.49. The van der Waals surface area contributed by atoms with E-state index in [9.17, 15) is 9.59 Å². The minimum atomic E-state index is -1.03. The van der Waals surface area contributed by atoms with Crippen molar-refractivity contribution in [2.75, 3.05) is 19.8 Å². The molecule has 6 heteroatoms. The number of carbonyl (C=O) groups is 2. The van der Waals surface area contributed by atoms with Crippen LogP contribution in [0.5, 0.6) is 0 Å². The molecule has 3 N–H and O–H groups in total. The summed E-state index contributed by atoms with van der Waals surface area (Å²) in [6.07, 6.45) is 1.34. The Morgan fingerprint density at radius 3 is 2.44 bits per heavy atom. The van der Waals surface area contributed by atoms with E-state index >= 15 is 0 Å². The molecule has 0 radical (unpaired) electrons. The third-order valence-corrected chi connectivity index (χ3v) is 2.38. The lowest BCUT2D eigenvalue weighted by molar-refractivity contribution is -0.139. The predicted octanol–water partition coefficient (Wildman–Crippen LogP) is 1.21. The van der Waals surface area contributed by atoms with Gasteiger partial charge in [-0.05, 0) is 18.8 Å². The molecule has 0 aromatic carbocycles. The smallest absolute Gasteiger partial charge is 0.326 e. The van der Waals surface area contributed by atoms with Crippen LogP contribution >= 0.6 is 0 Å². The highest BCUT2D eigenvalue weighted by atomic mass is 16.5. The van der Waals surface area contributed by atoms with E-state index in [-0.39, 0.29) is 0 Å². The Morgan fingerprint density at radius 1 is 1.28 bits per heavy atom. The summed E-state index contributed by atoms with van der Waals surface area (Å²) < 4.78 is 5.31. The molecule has 1 atom stereocenters. The van der Waals surface area contributed by atoms with Crippen LogP contribution in [-0.4, -0.2) is 42.9 Å². The van der Waals surface area contributed by atoms with Gasteiger partial charge in [-0.3, -0.25) is 0 Å². The molecule has 18 heavy (non-hydrogen) atoms. The molecule has 0 fully saturated rings. The van der Waals surface area contributed by atoms with E-state index in [4.69, 9.17) is 9.84 Å². The summed E-state index contributed by atoms with van der Waals surface area (Å²) >= 11 is 0. The van der Waals surface area contributed by atoms with Crippen molar-refractivity contribution in [3.05, 3.63) is 0 Å². The number of hydrogen-bond donors (Lipinski definition) is 3. The van der Waals surface area contributed by atoms with Gasteiger partial charge in [-0.1, -0.05) is 20.8 Å². The van der Waals surface area contributed by atoms with Crippen LogP contribution in [0.3, 0.4) is 0 Å². The van der Waals surface area contributed by atoms with Gasteiger partial charge in [0.25, 0.3) is 0 Å². The zero-order chi connectivity index (χ0) is 14.0. The van der Waals surface area contributed by atoms with Gasteiger partial charge in [-0.2, -0.15) is 0 Å². The summed E-state index contributed by atoms with van der Waals surface area (Å²) in [5.41, 5.74) is 0. The molecular weight excluding hydrogens is 236 g/mol. The molecule has 0 aromatic rings. The molecule has 1 unspecified atom stereocenters. The zero-order valence-corrected chi connectivity index (χ0v) is 11.4. The molecule has 0 aliphatic heterocycles. The number of ether oxygens (including phenoxy) is 1. The molecule has 0 heterocycles. The maximum atomic E-state index is 11.3. The van der Waals surface area contributed by atoms with Crippen molar-refractivity contribution < 1.29 is 19.4 Å². The van der Waals surface area contributed by atoms with Gasteiger partial charge in [0, 0.05) is 13.2 Å². The first kappa shape index (κ1) is 16.7. The Balaban J connectivity index is 3.56. The van der Waals surface area contributed by atoms with Crippen molar-refractivity contribution in [3.8, 4) is 0 Å². The van der Waals surface area contributed by atoms with Crippen LogP contribution in [0.4, 0.5) is 4.79 Å². The number of carboxylic acid groups (broad SMARTS) is 1. The Morgan fingerprint density at radius 2 is 1.94 bits per heavy atom. The van der Waals surface area contributed by atoms with Crippen LogP contribution < -0.4 is 10.6 Å². The maximum absolute atomic E-state index is 11.3. The number of carbonyl (C=O) groups excluding carboxylic acids is 1. The van der Waals surface area contributed by atoms with Gasteiger partial charge >= 0.3 is 12.0 Å². The molecule has 0 spiro atoms. The van der Waals surface area contributed by atoms with E-state index in [1.165, 1.54) is 0 Å². The number of hydrogen-bond acceptors (Lipinski definition) is 3. The van der Waals surface area contributed by atoms with Gasteiger partial charge < -0.3 is 20.5 Å². The summed E-state index contributed by atoms with van der Waals surface area (Å²) in [5.74, 6) is -0.428. The SMILES string of the molecule is CCC(NC(=O)NCCOCCC(C)C)C(=O)O. The molecule has 0 aliphatic rings. The van der Waals surface area contributed by atoms with Crippen molar-refractivity contribution in [3.63, 3.8) is 0 Å². The second kappa shape index (κ2) is 9.70. The standard InChI is InChI=1S/C12H24N2O4/c1-4-10(11(15)16)14-12(17)13-6-8-18-7-5-9(2)3/h9-10H,4-8H2,1-3H3,(H,15,16)(H2,13,14,17). The molecule has 0 bridgehead atoms. The van der Waals surface area contributed by atoms with E-state index < -0.39 is 18.0 Å². The van der Waals surface area contributed by atoms with Gasteiger partial charge in [0.2, 0.25) is 0 Å². The predicted molar refractivity (Wildman–Crippen MR) is 68.5 cm³/mol. The third kappa shape index (κ3) is 8.81. The summed E-state index contributed by atoms with van der Waals surface area (Å²) in [6, 6.07) is -1.32. The quantitative estimate of drug-likeness (QED) is 0.544. The van der Waals surface area contributed by atoms with Crippen molar-refractivity contribution in [1.29, 1.82) is 0 Å². The van der Waals surface area contributed by atoms with E-state index in [0.717, 1.165) is 6.42 Å². The highest BCUT2D eigenvalue weighted by molar-refractivity contribution is 5.82. The Kier molecular flexibility index (Phi) is 9.00. The number of rotatable bonds is 9. The number of nitrogens with one attached hydrogen (secondary N) is 2. The lowest BCUT2D eigenvalue weighted by atomic mass is 10.1. The highest BCUT2D eigenvalue weighted by Gasteiger charge is 2.16. The van der Waals surface area contributed by atoms with Crippen LogP contribution in [0.1, 0.15) is 33.6 Å². The van der Waals surface area contributed by atoms with Gasteiger partial charge in [-0.25, -0.2) is 9.59 Å². The van der Waals surface area contributed by atoms with Crippen LogP contribution in [0.25, 0.3) is 0 Å². The van der Waals surface area contributed by atoms with Crippen molar-refractivity contribution in [2.24, 2.45) is 5.92 Å². The minimum Gasteiger partial charge on any atom is -0.480 e. The first-order valence-electron chi connectivity index (χ1n) is 6.32. The lowest BCUT2D eigenvalue weighted by Crippen LogP contribution is -2.46. The monoisotopic (exact) mass is 260 g/mol. The molecule has 0 rings (SSSR count). The molecule has 0 saturated carbocycles. The molecule has 6 nitrogen and oxygen atoms in total. The fourth-order valence-corrected chi connectivity index (χ4v) is 1.21. The van der Waals surface area contributed by atoms with Crippen molar-refractivity contribution in [1.82, 2.24) is 10.6 Å². The summed E-state index contributed by atoms with van der Waals surface area (Å²) in [7, 11) is 0. The molecule has 0 saturated heterocycles.